The molecule has 1 saturated carbocycles. The third kappa shape index (κ3) is 2.58. The Balaban J connectivity index is 0.00000120. The summed E-state index contributed by atoms with van der Waals surface area (Å²) in [6.07, 6.45) is 24.2. The average molecular weight is 262 g/mol. The summed E-state index contributed by atoms with van der Waals surface area (Å²) in [4.78, 5) is 0. The molecular formula is C16H22Ti. The Labute approximate surface area is 112 Å². The van der Waals surface area contributed by atoms with E-state index in [-0.39, 0.29) is 1.43 Å². The summed E-state index contributed by atoms with van der Waals surface area (Å²) >= 11 is -1.14. The average Bonchev–Trinajstić information content (AvgIpc) is 3.04. The van der Waals surface area contributed by atoms with Gasteiger partial charge in [0.2, 0.25) is 0 Å². The quantitative estimate of drug-likeness (QED) is 0.616. The molecule has 0 saturated heterocycles. The van der Waals surface area contributed by atoms with Crippen molar-refractivity contribution in [1.82, 2.24) is 0 Å². The number of hydrogen-bond acceptors (Lipinski definition) is 0. The molecule has 0 aromatic carbocycles. The van der Waals surface area contributed by atoms with Crippen LogP contribution >= 0.6 is 0 Å². The van der Waals surface area contributed by atoms with Gasteiger partial charge in [0, 0.05) is 0 Å². The molecule has 0 atom stereocenters. The minimum absolute atomic E-state index is 0. The van der Waals surface area contributed by atoms with Crippen LogP contribution in [-0.2, 0) is 17.9 Å². The minimum atomic E-state index is -1.14. The monoisotopic (exact) mass is 262 g/mol. The maximum Gasteiger partial charge on any atom is -1.00 e. The first-order valence-electron chi connectivity index (χ1n) is 7.04. The first-order chi connectivity index (χ1) is 8.45. The smallest absolute Gasteiger partial charge is 1.00 e. The normalized spacial score (nSPS) is 24.0. The van der Waals surface area contributed by atoms with Crippen LogP contribution in [0.25, 0.3) is 0 Å². The molecule has 0 unspecified atom stereocenters. The first kappa shape index (κ1) is 11.7. The van der Waals surface area contributed by atoms with Gasteiger partial charge in [0.1, 0.15) is 0 Å². The molecule has 0 aliphatic heterocycles. The van der Waals surface area contributed by atoms with Crippen molar-refractivity contribution in [3.8, 4) is 0 Å². The second-order valence-electron chi connectivity index (χ2n) is 5.40. The summed E-state index contributed by atoms with van der Waals surface area (Å²) in [6, 6.07) is 0. The Morgan fingerprint density at radius 1 is 0.882 bits per heavy atom. The van der Waals surface area contributed by atoms with Crippen molar-refractivity contribution in [2.45, 2.75) is 49.2 Å². The van der Waals surface area contributed by atoms with Gasteiger partial charge < -0.3 is 1.43 Å². The molecule has 0 amide bonds. The molecule has 0 aromatic rings. The minimum Gasteiger partial charge on any atom is -1.00 e. The van der Waals surface area contributed by atoms with Crippen molar-refractivity contribution in [2.24, 2.45) is 0 Å². The van der Waals surface area contributed by atoms with Crippen LogP contribution in [0, 0.1) is 0 Å². The van der Waals surface area contributed by atoms with Crippen LogP contribution < -0.4 is 0 Å². The summed E-state index contributed by atoms with van der Waals surface area (Å²) in [5.74, 6) is 0. The molecule has 3 aliphatic rings. The Bertz CT molecular complexity index is 367. The molecule has 0 heterocycles. The largest absolute Gasteiger partial charge is 1.00 e. The summed E-state index contributed by atoms with van der Waals surface area (Å²) in [6.45, 7) is 0. The maximum atomic E-state index is 2.45. The fourth-order valence-electron chi connectivity index (χ4n) is 3.42. The second-order valence-corrected chi connectivity index (χ2v) is 9.97. The van der Waals surface area contributed by atoms with Crippen molar-refractivity contribution in [3.05, 3.63) is 44.2 Å². The molecule has 0 aromatic heterocycles. The zero-order valence-corrected chi connectivity index (χ0v) is 12.1. The van der Waals surface area contributed by atoms with Crippen LogP contribution in [0.1, 0.15) is 46.4 Å². The summed E-state index contributed by atoms with van der Waals surface area (Å²) in [5, 5.41) is 0. The van der Waals surface area contributed by atoms with Gasteiger partial charge in [-0.2, -0.15) is 0 Å². The van der Waals surface area contributed by atoms with E-state index in [0.717, 1.165) is 4.22 Å². The van der Waals surface area contributed by atoms with Gasteiger partial charge in [-0.1, -0.05) is 0 Å². The Hall–Kier alpha value is -0.326. The van der Waals surface area contributed by atoms with Crippen LogP contribution in [0.15, 0.2) is 44.2 Å². The Morgan fingerprint density at radius 3 is 1.94 bits per heavy atom. The SMILES string of the molecule is C1=CC[C]([Ti+]([C]2=CC=CC2)[CH]2CCCCC2)=C1.[H-]. The Morgan fingerprint density at radius 2 is 1.47 bits per heavy atom. The van der Waals surface area contributed by atoms with Crippen LogP contribution in [0.2, 0.25) is 4.22 Å². The van der Waals surface area contributed by atoms with Crippen molar-refractivity contribution < 1.29 is 19.3 Å². The summed E-state index contributed by atoms with van der Waals surface area (Å²) in [5.41, 5.74) is 0. The third-order valence-corrected chi connectivity index (χ3v) is 9.74. The van der Waals surface area contributed by atoms with Gasteiger partial charge in [0.25, 0.3) is 0 Å². The molecule has 3 aliphatic carbocycles. The predicted octanol–water partition coefficient (Wildman–Crippen LogP) is 5.16. The first-order valence-corrected chi connectivity index (χ1v) is 9.50. The number of allylic oxidation sites excluding steroid dienone is 8. The molecule has 1 heteroatoms. The van der Waals surface area contributed by atoms with E-state index in [4.69, 9.17) is 0 Å². The number of rotatable bonds is 3. The van der Waals surface area contributed by atoms with Crippen molar-refractivity contribution >= 4 is 0 Å². The van der Waals surface area contributed by atoms with E-state index in [9.17, 15) is 0 Å². The van der Waals surface area contributed by atoms with Crippen LogP contribution in [0.4, 0.5) is 0 Å². The van der Waals surface area contributed by atoms with Gasteiger partial charge >= 0.3 is 111 Å². The molecule has 17 heavy (non-hydrogen) atoms. The standard InChI is InChI=1S/C6H11.2C5H5.Ti.H/c1-2-4-6-5-3-1;2*1-2-4-5-3-1;;/h1H,2-6H2;2*1-3H,4H2;;/q;;;+1;-1. The fraction of sp³-hybridized carbons (Fsp3) is 0.500. The molecule has 0 spiro atoms. The molecule has 0 bridgehead atoms. The van der Waals surface area contributed by atoms with Crippen LogP contribution in [0.5, 0.6) is 0 Å². The summed E-state index contributed by atoms with van der Waals surface area (Å²) < 4.78 is 4.76. The molecule has 1 fully saturated rings. The van der Waals surface area contributed by atoms with Crippen LogP contribution in [-0.4, -0.2) is 0 Å². The van der Waals surface area contributed by atoms with Gasteiger partial charge in [-0.25, -0.2) is 0 Å². The Kier molecular flexibility index (Phi) is 3.83. The number of hydrogen-bond donors (Lipinski definition) is 0. The predicted molar refractivity (Wildman–Crippen MR) is 71.6 cm³/mol. The van der Waals surface area contributed by atoms with Gasteiger partial charge in [0.15, 0.2) is 0 Å². The van der Waals surface area contributed by atoms with Gasteiger partial charge in [-0.05, 0) is 0 Å². The van der Waals surface area contributed by atoms with Gasteiger partial charge in [-0.15, -0.1) is 0 Å². The van der Waals surface area contributed by atoms with E-state index in [0.29, 0.717) is 0 Å². The molecule has 0 nitrogen and oxygen atoms in total. The third-order valence-electron chi connectivity index (χ3n) is 4.25. The molecule has 90 valence electrons. The fourth-order valence-corrected chi connectivity index (χ4v) is 9.15. The zero-order valence-electron chi connectivity index (χ0n) is 11.5. The molecule has 3 rings (SSSR count). The van der Waals surface area contributed by atoms with Crippen molar-refractivity contribution in [1.29, 1.82) is 0 Å². The molecular weight excluding hydrogens is 240 g/mol. The van der Waals surface area contributed by atoms with Crippen molar-refractivity contribution in [3.63, 3.8) is 0 Å². The van der Waals surface area contributed by atoms with Crippen molar-refractivity contribution in [2.75, 3.05) is 0 Å². The van der Waals surface area contributed by atoms with Crippen LogP contribution in [0.3, 0.4) is 0 Å². The maximum absolute atomic E-state index is 2.45. The second kappa shape index (κ2) is 5.54. The molecule has 0 N–H and O–H groups in total. The van der Waals surface area contributed by atoms with E-state index in [2.05, 4.69) is 36.5 Å². The van der Waals surface area contributed by atoms with Gasteiger partial charge in [0.05, 0.1) is 0 Å². The van der Waals surface area contributed by atoms with E-state index in [1.165, 1.54) is 44.9 Å². The van der Waals surface area contributed by atoms with E-state index >= 15 is 0 Å². The zero-order chi connectivity index (χ0) is 11.5. The van der Waals surface area contributed by atoms with E-state index < -0.39 is 17.9 Å². The topological polar surface area (TPSA) is 0 Å². The molecule has 0 radical (unpaired) electrons. The summed E-state index contributed by atoms with van der Waals surface area (Å²) in [7, 11) is 0. The van der Waals surface area contributed by atoms with E-state index in [1.54, 1.807) is 0 Å². The van der Waals surface area contributed by atoms with E-state index in [1.807, 2.05) is 7.76 Å². The van der Waals surface area contributed by atoms with Gasteiger partial charge in [-0.3, -0.25) is 0 Å².